The maximum atomic E-state index is 11.4. The second-order valence-electron chi connectivity index (χ2n) is 3.99. The van der Waals surface area contributed by atoms with Gasteiger partial charge in [0.25, 0.3) is 0 Å². The van der Waals surface area contributed by atoms with Crippen LogP contribution in [0.1, 0.15) is 26.2 Å². The van der Waals surface area contributed by atoms with Crippen LogP contribution in [-0.2, 0) is 14.3 Å². The van der Waals surface area contributed by atoms with Gasteiger partial charge in [0, 0.05) is 0 Å². The molecule has 0 spiro atoms. The quantitative estimate of drug-likeness (QED) is 0.267. The average molecular weight is 307 g/mol. The zero-order valence-corrected chi connectivity index (χ0v) is 12.5. The molecule has 0 rings (SSSR count). The van der Waals surface area contributed by atoms with Crippen LogP contribution >= 0.6 is 11.8 Å². The number of thioether (sulfide) groups is 1. The van der Waals surface area contributed by atoms with Gasteiger partial charge in [-0.05, 0) is 49.5 Å². The monoisotopic (exact) mass is 307 g/mol. The third-order valence-corrected chi connectivity index (χ3v) is 2.77. The highest BCUT2D eigenvalue weighted by Gasteiger charge is 2.17. The fraction of sp³-hybridized carbons (Fsp3) is 0.818. The van der Waals surface area contributed by atoms with E-state index >= 15 is 0 Å². The van der Waals surface area contributed by atoms with E-state index in [1.165, 1.54) is 6.92 Å². The van der Waals surface area contributed by atoms with E-state index in [0.717, 1.165) is 18.2 Å². The fourth-order valence-electron chi connectivity index (χ4n) is 1.25. The van der Waals surface area contributed by atoms with Crippen LogP contribution in [0.4, 0.5) is 4.79 Å². The summed E-state index contributed by atoms with van der Waals surface area (Å²) in [5, 5.41) is 5.15. The number of hydrogen-bond acceptors (Lipinski definition) is 9. The minimum Gasteiger partial charge on any atom is -0.442 e. The number of esters is 1. The summed E-state index contributed by atoms with van der Waals surface area (Å²) in [6.07, 6.45) is 2.57. The van der Waals surface area contributed by atoms with Crippen molar-refractivity contribution in [3.8, 4) is 0 Å². The van der Waals surface area contributed by atoms with E-state index in [9.17, 15) is 14.5 Å². The van der Waals surface area contributed by atoms with E-state index in [1.54, 1.807) is 6.26 Å². The molecule has 0 bridgehead atoms. The first-order valence-electron chi connectivity index (χ1n) is 6.21. The lowest BCUT2D eigenvalue weighted by molar-refractivity contribution is -0.149. The predicted molar refractivity (Wildman–Crippen MR) is 76.0 cm³/mol. The molecular formula is C11H21N3O5S. The molecule has 0 radical (unpaired) electrons. The molecule has 116 valence electrons. The number of nitrogens with one attached hydrogen (secondary N) is 1. The molecule has 0 saturated heterocycles. The molecule has 0 saturated carbocycles. The number of carbonyl (C=O) groups excluding carboxylic acids is 2. The van der Waals surface area contributed by atoms with Gasteiger partial charge in [-0.3, -0.25) is 10.1 Å². The zero-order valence-electron chi connectivity index (χ0n) is 11.7. The van der Waals surface area contributed by atoms with Crippen molar-refractivity contribution in [1.29, 1.82) is 0 Å². The zero-order chi connectivity index (χ0) is 15.4. The number of carbonyl (C=O) groups is 2. The lowest BCUT2D eigenvalue weighted by atomic mass is 10.1. The van der Waals surface area contributed by atoms with Crippen molar-refractivity contribution in [3.05, 3.63) is 4.91 Å². The van der Waals surface area contributed by atoms with E-state index in [-0.39, 0.29) is 12.0 Å². The van der Waals surface area contributed by atoms with Gasteiger partial charge >= 0.3 is 11.3 Å². The van der Waals surface area contributed by atoms with Gasteiger partial charge in [0.1, 0.15) is 12.8 Å². The third-order valence-electron chi connectivity index (χ3n) is 2.32. The predicted octanol–water partition coefficient (Wildman–Crippen LogP) is 1.19. The van der Waals surface area contributed by atoms with Gasteiger partial charge in [-0.25, -0.2) is 4.79 Å². The highest BCUT2D eigenvalue weighted by Crippen LogP contribution is 2.03. The molecule has 0 aliphatic heterocycles. The molecular weight excluding hydrogens is 286 g/mol. The van der Waals surface area contributed by atoms with Crippen LogP contribution < -0.4 is 11.1 Å². The second kappa shape index (κ2) is 11.6. The normalized spacial score (nSPS) is 13.3. The number of ether oxygens (including phenoxy) is 2. The highest BCUT2D eigenvalue weighted by atomic mass is 32.2. The topological polar surface area (TPSA) is 120 Å². The highest BCUT2D eigenvalue weighted by molar-refractivity contribution is 8.12. The van der Waals surface area contributed by atoms with Crippen molar-refractivity contribution < 1.29 is 19.1 Å². The Morgan fingerprint density at radius 2 is 2.10 bits per heavy atom. The van der Waals surface area contributed by atoms with Gasteiger partial charge in [-0.2, -0.15) is 0 Å². The van der Waals surface area contributed by atoms with Crippen molar-refractivity contribution in [2.75, 3.05) is 19.5 Å². The third kappa shape index (κ3) is 9.70. The Hall–Kier alpha value is -1.19. The van der Waals surface area contributed by atoms with Crippen LogP contribution in [0.3, 0.4) is 0 Å². The second-order valence-corrected chi connectivity index (χ2v) is 4.73. The van der Waals surface area contributed by atoms with Gasteiger partial charge < -0.3 is 15.2 Å². The standard InChI is InChI=1S/C11H21N3O5S/c1-8(14-17)19-10(15)9(12)5-3-4-6-13-7-18-11(16)20-2/h8-9,13H,3-7,12H2,1-2H3/t8?,9-/m0/s1. The van der Waals surface area contributed by atoms with Crippen LogP contribution in [0.2, 0.25) is 0 Å². The molecule has 0 aliphatic rings. The Balaban J connectivity index is 3.52. The number of rotatable bonds is 10. The van der Waals surface area contributed by atoms with Crippen molar-refractivity contribution in [1.82, 2.24) is 5.32 Å². The van der Waals surface area contributed by atoms with Gasteiger partial charge in [-0.1, -0.05) is 6.42 Å². The van der Waals surface area contributed by atoms with Crippen LogP contribution in [0.5, 0.6) is 0 Å². The number of hydrogen-bond donors (Lipinski definition) is 2. The Morgan fingerprint density at radius 3 is 2.70 bits per heavy atom. The summed E-state index contributed by atoms with van der Waals surface area (Å²) in [7, 11) is 0. The first-order chi connectivity index (χ1) is 9.51. The van der Waals surface area contributed by atoms with Crippen molar-refractivity contribution in [2.24, 2.45) is 10.9 Å². The summed E-state index contributed by atoms with van der Waals surface area (Å²) >= 11 is 1.01. The first kappa shape index (κ1) is 18.8. The Labute approximate surface area is 122 Å². The molecule has 1 unspecified atom stereocenters. The van der Waals surface area contributed by atoms with E-state index in [0.29, 0.717) is 19.4 Å². The molecule has 0 aromatic carbocycles. The molecule has 3 N–H and O–H groups in total. The van der Waals surface area contributed by atoms with Crippen LogP contribution in [0.25, 0.3) is 0 Å². The number of nitrogens with two attached hydrogens (primary N) is 1. The van der Waals surface area contributed by atoms with E-state index in [4.69, 9.17) is 10.5 Å². The SMILES string of the molecule is CSC(=O)OCNCCCC[C@H](N)C(=O)OC(C)N=O. The van der Waals surface area contributed by atoms with Crippen molar-refractivity contribution >= 4 is 23.0 Å². The van der Waals surface area contributed by atoms with Crippen molar-refractivity contribution in [2.45, 2.75) is 38.5 Å². The van der Waals surface area contributed by atoms with E-state index < -0.39 is 18.2 Å². The molecule has 0 heterocycles. The minimum atomic E-state index is -1.01. The summed E-state index contributed by atoms with van der Waals surface area (Å²) in [6.45, 7) is 2.18. The van der Waals surface area contributed by atoms with Gasteiger partial charge in [0.2, 0.25) is 6.23 Å². The largest absolute Gasteiger partial charge is 0.442 e. The number of unbranched alkanes of at least 4 members (excludes halogenated alkanes) is 1. The maximum Gasteiger partial charge on any atom is 0.368 e. The van der Waals surface area contributed by atoms with E-state index in [1.807, 2.05) is 0 Å². The molecule has 0 aromatic heterocycles. The van der Waals surface area contributed by atoms with Crippen LogP contribution in [0, 0.1) is 4.91 Å². The molecule has 0 aliphatic carbocycles. The van der Waals surface area contributed by atoms with Gasteiger partial charge in [0.05, 0.1) is 0 Å². The van der Waals surface area contributed by atoms with E-state index in [2.05, 4.69) is 15.2 Å². The summed E-state index contributed by atoms with van der Waals surface area (Å²) in [5.41, 5.74) is 5.61. The van der Waals surface area contributed by atoms with Gasteiger partial charge in [-0.15, -0.1) is 4.91 Å². The summed E-state index contributed by atoms with van der Waals surface area (Å²) in [5.74, 6) is -0.626. The van der Waals surface area contributed by atoms with Gasteiger partial charge in [0.15, 0.2) is 0 Å². The smallest absolute Gasteiger partial charge is 0.368 e. The molecule has 0 amide bonds. The minimum absolute atomic E-state index is 0.163. The Morgan fingerprint density at radius 1 is 1.40 bits per heavy atom. The average Bonchev–Trinajstić information content (AvgIpc) is 2.45. The molecule has 0 aromatic rings. The summed E-state index contributed by atoms with van der Waals surface area (Å²) in [4.78, 5) is 32.2. The summed E-state index contributed by atoms with van der Waals surface area (Å²) < 4.78 is 9.46. The number of nitrogens with zero attached hydrogens (tertiary/aromatic N) is 1. The first-order valence-corrected chi connectivity index (χ1v) is 7.43. The summed E-state index contributed by atoms with van der Waals surface area (Å²) in [6, 6.07) is -0.756. The Kier molecular flexibility index (Phi) is 10.9. The molecule has 2 atom stereocenters. The number of nitroso groups, excluding NO2 is 1. The van der Waals surface area contributed by atoms with Crippen LogP contribution in [0.15, 0.2) is 5.18 Å². The fourth-order valence-corrected chi connectivity index (χ4v) is 1.43. The maximum absolute atomic E-state index is 11.4. The molecule has 20 heavy (non-hydrogen) atoms. The van der Waals surface area contributed by atoms with Crippen LogP contribution in [-0.4, -0.2) is 43.1 Å². The van der Waals surface area contributed by atoms with Crippen molar-refractivity contribution in [3.63, 3.8) is 0 Å². The molecule has 0 fully saturated rings. The lowest BCUT2D eigenvalue weighted by Gasteiger charge is -2.12. The Bertz CT molecular complexity index is 316. The molecule has 9 heteroatoms. The molecule has 8 nitrogen and oxygen atoms in total. The lowest BCUT2D eigenvalue weighted by Crippen LogP contribution is -2.34.